The molecule has 1 fully saturated rings. The molecule has 2 aromatic rings. The minimum Gasteiger partial charge on any atom is -0.481 e. The van der Waals surface area contributed by atoms with Gasteiger partial charge in [-0.3, -0.25) is 4.79 Å². The summed E-state index contributed by atoms with van der Waals surface area (Å²) in [5, 5.41) is 3.00. The van der Waals surface area contributed by atoms with E-state index in [0.717, 1.165) is 24.5 Å². The number of nitrogens with one attached hydrogen (secondary N) is 1. The lowest BCUT2D eigenvalue weighted by Gasteiger charge is -2.30. The molecule has 1 saturated heterocycles. The van der Waals surface area contributed by atoms with E-state index in [0.29, 0.717) is 11.4 Å². The van der Waals surface area contributed by atoms with E-state index in [2.05, 4.69) is 21.3 Å². The van der Waals surface area contributed by atoms with Crippen LogP contribution in [0, 0.1) is 0 Å². The standard InChI is InChI=1S/C18H21N3O2/c1-23-17-10-9-14(13-19-17)18(22)20-15-7-3-4-8-16(15)21-11-5-2-6-12-21/h3-4,7-10,13H,2,5-6,11-12H2,1H3,(H,20,22). The molecule has 1 aliphatic rings. The highest BCUT2D eigenvalue weighted by atomic mass is 16.5. The van der Waals surface area contributed by atoms with Gasteiger partial charge in [-0.15, -0.1) is 0 Å². The summed E-state index contributed by atoms with van der Waals surface area (Å²) in [5.74, 6) is 0.333. The van der Waals surface area contributed by atoms with E-state index in [-0.39, 0.29) is 5.91 Å². The summed E-state index contributed by atoms with van der Waals surface area (Å²) in [6, 6.07) is 11.4. The van der Waals surface area contributed by atoms with Gasteiger partial charge in [0.15, 0.2) is 0 Å². The van der Waals surface area contributed by atoms with Crippen molar-refractivity contribution in [1.29, 1.82) is 0 Å². The Morgan fingerprint density at radius 1 is 1.13 bits per heavy atom. The average Bonchev–Trinajstić information content (AvgIpc) is 2.63. The van der Waals surface area contributed by atoms with Crippen molar-refractivity contribution in [2.24, 2.45) is 0 Å². The number of carbonyl (C=O) groups excluding carboxylic acids is 1. The molecule has 120 valence electrons. The molecule has 5 nitrogen and oxygen atoms in total. The Labute approximate surface area is 136 Å². The Balaban J connectivity index is 1.77. The number of amides is 1. The molecule has 0 atom stereocenters. The van der Waals surface area contributed by atoms with E-state index in [1.807, 2.05) is 18.2 Å². The number of methoxy groups -OCH3 is 1. The van der Waals surface area contributed by atoms with Crippen molar-refractivity contribution < 1.29 is 9.53 Å². The smallest absolute Gasteiger partial charge is 0.257 e. The first kappa shape index (κ1) is 15.3. The summed E-state index contributed by atoms with van der Waals surface area (Å²) in [4.78, 5) is 18.9. The van der Waals surface area contributed by atoms with Crippen molar-refractivity contribution in [2.45, 2.75) is 19.3 Å². The number of para-hydroxylation sites is 2. The lowest BCUT2D eigenvalue weighted by molar-refractivity contribution is 0.102. The van der Waals surface area contributed by atoms with Gasteiger partial charge in [-0.05, 0) is 37.5 Å². The van der Waals surface area contributed by atoms with Gasteiger partial charge >= 0.3 is 0 Å². The molecule has 0 bridgehead atoms. The molecule has 0 unspecified atom stereocenters. The van der Waals surface area contributed by atoms with E-state index in [1.54, 1.807) is 19.2 Å². The number of pyridine rings is 1. The van der Waals surface area contributed by atoms with Crippen molar-refractivity contribution >= 4 is 17.3 Å². The highest BCUT2D eigenvalue weighted by molar-refractivity contribution is 6.05. The third-order valence-corrected chi connectivity index (χ3v) is 4.06. The van der Waals surface area contributed by atoms with Gasteiger partial charge in [-0.1, -0.05) is 12.1 Å². The van der Waals surface area contributed by atoms with Crippen LogP contribution in [0.2, 0.25) is 0 Å². The molecule has 23 heavy (non-hydrogen) atoms. The Kier molecular flexibility index (Phi) is 4.76. The molecule has 2 heterocycles. The third kappa shape index (κ3) is 3.62. The first-order chi connectivity index (χ1) is 11.3. The zero-order chi connectivity index (χ0) is 16.1. The maximum atomic E-state index is 12.4. The number of rotatable bonds is 4. The molecule has 3 rings (SSSR count). The number of carbonyl (C=O) groups is 1. The topological polar surface area (TPSA) is 54.5 Å². The predicted octanol–water partition coefficient (Wildman–Crippen LogP) is 3.33. The Morgan fingerprint density at radius 2 is 1.91 bits per heavy atom. The minimum atomic E-state index is -0.162. The summed E-state index contributed by atoms with van der Waals surface area (Å²) in [6.45, 7) is 2.08. The molecule has 1 aliphatic heterocycles. The van der Waals surface area contributed by atoms with Gasteiger partial charge in [0.1, 0.15) is 0 Å². The van der Waals surface area contributed by atoms with E-state index >= 15 is 0 Å². The lowest BCUT2D eigenvalue weighted by Crippen LogP contribution is -2.30. The molecule has 5 heteroatoms. The SMILES string of the molecule is COc1ccc(C(=O)Nc2ccccc2N2CCCCC2)cn1. The van der Waals surface area contributed by atoms with Crippen LogP contribution < -0.4 is 15.0 Å². The molecule has 0 radical (unpaired) electrons. The Hall–Kier alpha value is -2.56. The van der Waals surface area contributed by atoms with E-state index < -0.39 is 0 Å². The number of piperidine rings is 1. The number of nitrogens with zero attached hydrogens (tertiary/aromatic N) is 2. The normalized spacial score (nSPS) is 14.4. The zero-order valence-electron chi connectivity index (χ0n) is 13.3. The second-order valence-electron chi connectivity index (χ2n) is 5.61. The largest absolute Gasteiger partial charge is 0.481 e. The zero-order valence-corrected chi connectivity index (χ0v) is 13.3. The van der Waals surface area contributed by atoms with Crippen LogP contribution in [0.1, 0.15) is 29.6 Å². The van der Waals surface area contributed by atoms with Gasteiger partial charge < -0.3 is 15.0 Å². The molecule has 1 amide bonds. The summed E-state index contributed by atoms with van der Waals surface area (Å²) in [7, 11) is 1.55. The van der Waals surface area contributed by atoms with E-state index in [9.17, 15) is 4.79 Å². The molecule has 0 saturated carbocycles. The first-order valence-corrected chi connectivity index (χ1v) is 7.93. The molecular formula is C18H21N3O2. The number of anilines is 2. The van der Waals surface area contributed by atoms with E-state index in [1.165, 1.54) is 25.5 Å². The molecule has 1 aromatic heterocycles. The van der Waals surface area contributed by atoms with Crippen molar-refractivity contribution in [3.05, 3.63) is 48.2 Å². The second-order valence-corrected chi connectivity index (χ2v) is 5.61. The minimum absolute atomic E-state index is 0.162. The van der Waals surface area contributed by atoms with Gasteiger partial charge in [-0.25, -0.2) is 4.98 Å². The third-order valence-electron chi connectivity index (χ3n) is 4.06. The molecule has 0 spiro atoms. The quantitative estimate of drug-likeness (QED) is 0.941. The van der Waals surface area contributed by atoms with Crippen LogP contribution >= 0.6 is 0 Å². The van der Waals surface area contributed by atoms with Crippen LogP contribution in [0.5, 0.6) is 5.88 Å². The average molecular weight is 311 g/mol. The second kappa shape index (κ2) is 7.13. The van der Waals surface area contributed by atoms with Crippen molar-refractivity contribution in [3.63, 3.8) is 0 Å². The number of hydrogen-bond donors (Lipinski definition) is 1. The number of ether oxygens (including phenoxy) is 1. The Bertz CT molecular complexity index is 664. The fraction of sp³-hybridized carbons (Fsp3) is 0.333. The number of benzene rings is 1. The van der Waals surface area contributed by atoms with E-state index in [4.69, 9.17) is 4.74 Å². The van der Waals surface area contributed by atoms with Crippen LogP contribution in [0.25, 0.3) is 0 Å². The Morgan fingerprint density at radius 3 is 2.61 bits per heavy atom. The van der Waals surface area contributed by atoms with Crippen LogP contribution in [0.3, 0.4) is 0 Å². The molecule has 0 aliphatic carbocycles. The highest BCUT2D eigenvalue weighted by Gasteiger charge is 2.16. The van der Waals surface area contributed by atoms with Crippen molar-refractivity contribution in [1.82, 2.24) is 4.98 Å². The predicted molar refractivity (Wildman–Crippen MR) is 91.2 cm³/mol. The van der Waals surface area contributed by atoms with Crippen LogP contribution in [0.4, 0.5) is 11.4 Å². The maximum absolute atomic E-state index is 12.4. The van der Waals surface area contributed by atoms with Crippen LogP contribution in [0.15, 0.2) is 42.6 Å². The lowest BCUT2D eigenvalue weighted by atomic mass is 10.1. The summed E-state index contributed by atoms with van der Waals surface area (Å²) in [5.41, 5.74) is 2.44. The fourth-order valence-corrected chi connectivity index (χ4v) is 2.82. The number of hydrogen-bond acceptors (Lipinski definition) is 4. The van der Waals surface area contributed by atoms with Crippen LogP contribution in [-0.2, 0) is 0 Å². The fourth-order valence-electron chi connectivity index (χ4n) is 2.82. The van der Waals surface area contributed by atoms with Gasteiger partial charge in [0.05, 0.1) is 24.0 Å². The first-order valence-electron chi connectivity index (χ1n) is 7.93. The van der Waals surface area contributed by atoms with Gasteiger partial charge in [-0.2, -0.15) is 0 Å². The van der Waals surface area contributed by atoms with Gasteiger partial charge in [0.25, 0.3) is 5.91 Å². The van der Waals surface area contributed by atoms with Gasteiger partial charge in [0.2, 0.25) is 5.88 Å². The number of aromatic nitrogens is 1. The monoisotopic (exact) mass is 311 g/mol. The summed E-state index contributed by atoms with van der Waals surface area (Å²) in [6.07, 6.45) is 5.20. The maximum Gasteiger partial charge on any atom is 0.257 e. The molecule has 1 aromatic carbocycles. The summed E-state index contributed by atoms with van der Waals surface area (Å²) < 4.78 is 5.02. The molecule has 1 N–H and O–H groups in total. The van der Waals surface area contributed by atoms with Crippen molar-refractivity contribution in [3.8, 4) is 5.88 Å². The summed E-state index contributed by atoms with van der Waals surface area (Å²) >= 11 is 0. The van der Waals surface area contributed by atoms with Crippen LogP contribution in [-0.4, -0.2) is 31.1 Å². The molecular weight excluding hydrogens is 290 g/mol. The van der Waals surface area contributed by atoms with Gasteiger partial charge in [0, 0.05) is 25.4 Å². The highest BCUT2D eigenvalue weighted by Crippen LogP contribution is 2.28. The van der Waals surface area contributed by atoms with Crippen molar-refractivity contribution in [2.75, 3.05) is 30.4 Å².